The van der Waals surface area contributed by atoms with Crippen molar-refractivity contribution in [2.75, 3.05) is 13.2 Å². The van der Waals surface area contributed by atoms with Gasteiger partial charge in [-0.25, -0.2) is 9.59 Å². The van der Waals surface area contributed by atoms with Gasteiger partial charge in [-0.2, -0.15) is 0 Å². The Kier molecular flexibility index (Phi) is 6.07. The van der Waals surface area contributed by atoms with Crippen LogP contribution in [0.4, 0.5) is 4.79 Å². The van der Waals surface area contributed by atoms with Gasteiger partial charge >= 0.3 is 12.0 Å². The van der Waals surface area contributed by atoms with Crippen molar-refractivity contribution >= 4 is 17.9 Å². The maximum Gasteiger partial charge on any atom is 0.326 e. The highest BCUT2D eigenvalue weighted by atomic mass is 16.4. The maximum absolute atomic E-state index is 11.3. The van der Waals surface area contributed by atoms with Gasteiger partial charge in [0.1, 0.15) is 6.04 Å². The number of hydrogen-bond acceptors (Lipinski definition) is 4. The highest BCUT2D eigenvalue weighted by molar-refractivity contribution is 5.83. The molecule has 1 fully saturated rings. The van der Waals surface area contributed by atoms with Gasteiger partial charge in [0.25, 0.3) is 0 Å². The summed E-state index contributed by atoms with van der Waals surface area (Å²) in [5.41, 5.74) is 0. The molecule has 1 atom stereocenters. The zero-order valence-electron chi connectivity index (χ0n) is 10.5. The van der Waals surface area contributed by atoms with E-state index in [-0.39, 0.29) is 37.9 Å². The minimum atomic E-state index is -1.21. The van der Waals surface area contributed by atoms with Crippen LogP contribution in [0.2, 0.25) is 0 Å². The van der Waals surface area contributed by atoms with Gasteiger partial charge in [0, 0.05) is 32.0 Å². The van der Waals surface area contributed by atoms with E-state index in [1.165, 1.54) is 0 Å². The molecular formula is C11H19N3O5. The zero-order valence-corrected chi connectivity index (χ0v) is 10.5. The van der Waals surface area contributed by atoms with Crippen LogP contribution in [-0.4, -0.2) is 53.4 Å². The van der Waals surface area contributed by atoms with Crippen LogP contribution in [0.1, 0.15) is 25.7 Å². The van der Waals surface area contributed by atoms with E-state index in [4.69, 9.17) is 10.2 Å². The lowest BCUT2D eigenvalue weighted by Gasteiger charge is -2.13. The molecule has 0 heterocycles. The molecule has 1 saturated carbocycles. The predicted molar refractivity (Wildman–Crippen MR) is 65.4 cm³/mol. The number of aliphatic hydroxyl groups is 1. The summed E-state index contributed by atoms with van der Waals surface area (Å²) < 4.78 is 0. The van der Waals surface area contributed by atoms with Crippen LogP contribution in [0.25, 0.3) is 0 Å². The topological polar surface area (TPSA) is 128 Å². The van der Waals surface area contributed by atoms with E-state index in [1.54, 1.807) is 0 Å². The number of nitrogens with one attached hydrogen (secondary N) is 3. The van der Waals surface area contributed by atoms with E-state index in [2.05, 4.69) is 16.0 Å². The quantitative estimate of drug-likeness (QED) is 0.379. The molecule has 0 spiro atoms. The van der Waals surface area contributed by atoms with Crippen molar-refractivity contribution < 1.29 is 24.6 Å². The average molecular weight is 273 g/mol. The van der Waals surface area contributed by atoms with Gasteiger partial charge in [-0.05, 0) is 12.8 Å². The summed E-state index contributed by atoms with van der Waals surface area (Å²) in [6, 6.07) is -1.52. The van der Waals surface area contributed by atoms with Gasteiger partial charge in [-0.3, -0.25) is 4.79 Å². The lowest BCUT2D eigenvalue weighted by molar-refractivity contribution is -0.139. The van der Waals surface area contributed by atoms with Crippen molar-refractivity contribution in [3.8, 4) is 0 Å². The fourth-order valence-corrected chi connectivity index (χ4v) is 1.41. The molecule has 19 heavy (non-hydrogen) atoms. The molecule has 0 aliphatic heterocycles. The third kappa shape index (κ3) is 6.61. The summed E-state index contributed by atoms with van der Waals surface area (Å²) in [7, 11) is 0. The molecule has 0 saturated heterocycles. The van der Waals surface area contributed by atoms with Crippen LogP contribution in [0.15, 0.2) is 0 Å². The molecule has 0 unspecified atom stereocenters. The summed E-state index contributed by atoms with van der Waals surface area (Å²) in [6.07, 6.45) is 2.09. The molecule has 108 valence electrons. The first-order chi connectivity index (χ1) is 9.02. The van der Waals surface area contributed by atoms with Gasteiger partial charge in [0.2, 0.25) is 5.91 Å². The molecule has 1 rings (SSSR count). The van der Waals surface area contributed by atoms with E-state index < -0.39 is 18.0 Å². The highest BCUT2D eigenvalue weighted by Crippen LogP contribution is 2.18. The number of carboxylic acid groups (broad SMARTS) is 1. The van der Waals surface area contributed by atoms with Crippen molar-refractivity contribution in [2.45, 2.75) is 37.8 Å². The lowest BCUT2D eigenvalue weighted by Crippen LogP contribution is -2.47. The Bertz CT molecular complexity index is 343. The predicted octanol–water partition coefficient (Wildman–Crippen LogP) is -1.21. The Labute approximate surface area is 110 Å². The number of carboxylic acids is 1. The number of carbonyl (C=O) groups is 3. The summed E-state index contributed by atoms with van der Waals surface area (Å²) >= 11 is 0. The Balaban J connectivity index is 2.14. The molecule has 1 aliphatic carbocycles. The van der Waals surface area contributed by atoms with Crippen molar-refractivity contribution in [3.05, 3.63) is 0 Å². The molecule has 0 bridgehead atoms. The fourth-order valence-electron chi connectivity index (χ4n) is 1.41. The second-order valence-corrected chi connectivity index (χ2v) is 4.40. The van der Waals surface area contributed by atoms with Crippen molar-refractivity contribution in [3.63, 3.8) is 0 Å². The summed E-state index contributed by atoms with van der Waals surface area (Å²) in [5.74, 6) is -1.34. The van der Waals surface area contributed by atoms with Crippen molar-refractivity contribution in [1.29, 1.82) is 0 Å². The van der Waals surface area contributed by atoms with Crippen LogP contribution in [0, 0.1) is 0 Å². The molecular weight excluding hydrogens is 254 g/mol. The fraction of sp³-hybridized carbons (Fsp3) is 0.727. The molecule has 8 heteroatoms. The maximum atomic E-state index is 11.3. The molecule has 5 N–H and O–H groups in total. The standard InChI is InChI=1S/C11H19N3O5/c15-6-4-8(10(17)18)14-11(19)12-5-3-9(16)13-7-1-2-7/h7-8,15H,1-6H2,(H,13,16)(H,17,18)(H2,12,14,19)/t8-/m1/s1. The number of hydrogen-bond donors (Lipinski definition) is 5. The monoisotopic (exact) mass is 273 g/mol. The van der Waals surface area contributed by atoms with Crippen LogP contribution in [-0.2, 0) is 9.59 Å². The molecule has 1 aliphatic rings. The molecule has 3 amide bonds. The highest BCUT2D eigenvalue weighted by Gasteiger charge is 2.23. The SMILES string of the molecule is O=C(CCNC(=O)N[C@H](CCO)C(=O)O)NC1CC1. The zero-order chi connectivity index (χ0) is 14.3. The Morgan fingerprint density at radius 3 is 2.47 bits per heavy atom. The minimum Gasteiger partial charge on any atom is -0.480 e. The second-order valence-electron chi connectivity index (χ2n) is 4.40. The van der Waals surface area contributed by atoms with E-state index in [0.717, 1.165) is 12.8 Å². The summed E-state index contributed by atoms with van der Waals surface area (Å²) in [6.45, 7) is -0.198. The van der Waals surface area contributed by atoms with Crippen molar-refractivity contribution in [2.24, 2.45) is 0 Å². The molecule has 8 nitrogen and oxygen atoms in total. The smallest absolute Gasteiger partial charge is 0.326 e. The third-order valence-corrected chi connectivity index (χ3v) is 2.60. The molecule has 0 aromatic carbocycles. The number of carbonyl (C=O) groups excluding carboxylic acids is 2. The lowest BCUT2D eigenvalue weighted by atomic mass is 10.2. The first-order valence-corrected chi connectivity index (χ1v) is 6.20. The van der Waals surface area contributed by atoms with E-state index in [1.807, 2.05) is 0 Å². The third-order valence-electron chi connectivity index (χ3n) is 2.60. The van der Waals surface area contributed by atoms with Gasteiger partial charge in [-0.1, -0.05) is 0 Å². The van der Waals surface area contributed by atoms with Crippen LogP contribution >= 0.6 is 0 Å². The number of urea groups is 1. The van der Waals surface area contributed by atoms with Crippen LogP contribution in [0.3, 0.4) is 0 Å². The number of aliphatic hydroxyl groups excluding tert-OH is 1. The molecule has 0 radical (unpaired) electrons. The van der Waals surface area contributed by atoms with Gasteiger partial charge in [0.15, 0.2) is 0 Å². The Morgan fingerprint density at radius 1 is 1.26 bits per heavy atom. The number of rotatable bonds is 8. The van der Waals surface area contributed by atoms with Crippen LogP contribution < -0.4 is 16.0 Å². The van der Waals surface area contributed by atoms with Gasteiger partial charge < -0.3 is 26.2 Å². The second kappa shape index (κ2) is 7.57. The Morgan fingerprint density at radius 2 is 1.95 bits per heavy atom. The van der Waals surface area contributed by atoms with E-state index >= 15 is 0 Å². The summed E-state index contributed by atoms with van der Waals surface area (Å²) in [4.78, 5) is 33.4. The van der Waals surface area contributed by atoms with E-state index in [0.29, 0.717) is 0 Å². The van der Waals surface area contributed by atoms with Crippen molar-refractivity contribution in [1.82, 2.24) is 16.0 Å². The first kappa shape index (κ1) is 15.2. The first-order valence-electron chi connectivity index (χ1n) is 6.20. The normalized spacial score (nSPS) is 15.4. The molecule has 0 aromatic heterocycles. The Hall–Kier alpha value is -1.83. The number of amides is 3. The van der Waals surface area contributed by atoms with Gasteiger partial charge in [0.05, 0.1) is 0 Å². The average Bonchev–Trinajstić information content (AvgIpc) is 3.12. The number of aliphatic carboxylic acids is 1. The van der Waals surface area contributed by atoms with Crippen LogP contribution in [0.5, 0.6) is 0 Å². The largest absolute Gasteiger partial charge is 0.480 e. The summed E-state index contributed by atoms with van der Waals surface area (Å²) in [5, 5.41) is 24.8. The van der Waals surface area contributed by atoms with Gasteiger partial charge in [-0.15, -0.1) is 0 Å². The van der Waals surface area contributed by atoms with E-state index in [9.17, 15) is 14.4 Å². The molecule has 0 aromatic rings. The minimum absolute atomic E-state index is 0.0646.